The molecular formula is C26H37N5O9S2. The summed E-state index contributed by atoms with van der Waals surface area (Å²) in [4.78, 5) is 16.8. The van der Waals surface area contributed by atoms with Crippen LogP contribution in [0.4, 0.5) is 5.69 Å². The molecule has 2 unspecified atom stereocenters. The Hall–Kier alpha value is -2.73. The minimum absolute atomic E-state index is 0.0362. The van der Waals surface area contributed by atoms with Crippen molar-refractivity contribution in [3.63, 3.8) is 0 Å². The molecule has 1 aromatic carbocycles. The lowest BCUT2D eigenvalue weighted by Gasteiger charge is -2.38. The van der Waals surface area contributed by atoms with Crippen LogP contribution in [0.5, 0.6) is 11.6 Å². The van der Waals surface area contributed by atoms with Crippen molar-refractivity contribution >= 4 is 25.7 Å². The first kappa shape index (κ1) is 30.7. The van der Waals surface area contributed by atoms with Crippen molar-refractivity contribution in [2.75, 3.05) is 65.0 Å². The Morgan fingerprint density at radius 3 is 2.69 bits per heavy atom. The van der Waals surface area contributed by atoms with Gasteiger partial charge in [-0.1, -0.05) is 6.07 Å². The largest absolute Gasteiger partial charge is 0.491 e. The number of aromatic amines is 1. The number of hydrogen-bond donors (Lipinski definition) is 4. The molecule has 3 aliphatic heterocycles. The minimum Gasteiger partial charge on any atom is -0.491 e. The molecule has 2 aromatic rings. The molecule has 4 N–H and O–H groups in total. The number of aliphatic hydroxyl groups is 1. The second kappa shape index (κ2) is 12.1. The van der Waals surface area contributed by atoms with Crippen molar-refractivity contribution in [1.82, 2.24) is 19.3 Å². The molecule has 1 aromatic heterocycles. The number of aromatic nitrogens is 1. The van der Waals surface area contributed by atoms with E-state index in [1.165, 1.54) is 29.6 Å². The summed E-state index contributed by atoms with van der Waals surface area (Å²) in [6, 6.07) is 7.37. The lowest BCUT2D eigenvalue weighted by Crippen LogP contribution is -2.48. The molecule has 16 heteroatoms. The van der Waals surface area contributed by atoms with Gasteiger partial charge < -0.3 is 29.5 Å². The fourth-order valence-corrected chi connectivity index (χ4v) is 7.73. The van der Waals surface area contributed by atoms with Crippen LogP contribution in [0.2, 0.25) is 0 Å². The number of H-pyrrole nitrogens is 1. The second-order valence-electron chi connectivity index (χ2n) is 10.8. The smallest absolute Gasteiger partial charge is 0.271 e. The maximum Gasteiger partial charge on any atom is 0.271 e. The van der Waals surface area contributed by atoms with Crippen LogP contribution in [0.3, 0.4) is 0 Å². The maximum atomic E-state index is 13.4. The van der Waals surface area contributed by atoms with E-state index in [0.717, 1.165) is 0 Å². The van der Waals surface area contributed by atoms with E-state index in [1.807, 2.05) is 11.9 Å². The molecule has 5 rings (SSSR count). The van der Waals surface area contributed by atoms with Crippen LogP contribution in [-0.2, 0) is 24.8 Å². The zero-order chi connectivity index (χ0) is 30.1. The molecule has 0 aliphatic carbocycles. The zero-order valence-corrected chi connectivity index (χ0v) is 25.2. The van der Waals surface area contributed by atoms with E-state index in [2.05, 4.69) is 15.0 Å². The first-order valence-corrected chi connectivity index (χ1v) is 16.7. The summed E-state index contributed by atoms with van der Waals surface area (Å²) in [6.07, 6.45) is 0.763. The molecule has 0 radical (unpaired) electrons. The van der Waals surface area contributed by atoms with Gasteiger partial charge in [-0.15, -0.1) is 0 Å². The first-order chi connectivity index (χ1) is 19.9. The number of fused-ring (bicyclic) bond motifs is 1. The van der Waals surface area contributed by atoms with Gasteiger partial charge in [0.1, 0.15) is 30.0 Å². The van der Waals surface area contributed by atoms with Gasteiger partial charge in [0.05, 0.1) is 29.3 Å². The van der Waals surface area contributed by atoms with Crippen molar-refractivity contribution in [3.05, 3.63) is 40.7 Å². The van der Waals surface area contributed by atoms with Gasteiger partial charge in [0.15, 0.2) is 0 Å². The number of rotatable bonds is 10. The Bertz CT molecular complexity index is 1560. The van der Waals surface area contributed by atoms with E-state index in [9.17, 15) is 26.7 Å². The quantitative estimate of drug-likeness (QED) is 0.266. The van der Waals surface area contributed by atoms with E-state index < -0.39 is 37.3 Å². The number of nitrogens with one attached hydrogen (secondary N) is 3. The number of hydrogen-bond acceptors (Lipinski definition) is 11. The van der Waals surface area contributed by atoms with E-state index in [1.54, 1.807) is 12.1 Å². The monoisotopic (exact) mass is 627 g/mol. The molecule has 3 aliphatic rings. The second-order valence-corrected chi connectivity index (χ2v) is 14.6. The van der Waals surface area contributed by atoms with Crippen molar-refractivity contribution in [2.24, 2.45) is 0 Å². The predicted molar refractivity (Wildman–Crippen MR) is 153 cm³/mol. The SMILES string of the molecule is CNS(=O)(=O)c1cccc(OCC(O)CNC2COC3(CCN(S(=O)(=O)c4cc5c([nH]c4=O)OCCN5C)CC3)C2)c1. The average Bonchev–Trinajstić information content (AvgIpc) is 3.37. The van der Waals surface area contributed by atoms with E-state index in [4.69, 9.17) is 14.2 Å². The van der Waals surface area contributed by atoms with Crippen LogP contribution in [0.25, 0.3) is 0 Å². The molecule has 2 saturated heterocycles. The Morgan fingerprint density at radius 1 is 1.19 bits per heavy atom. The third-order valence-corrected chi connectivity index (χ3v) is 11.3. The number of likely N-dealkylation sites (N-methyl/N-ethyl adjacent to an activating group) is 1. The molecule has 0 amide bonds. The lowest BCUT2D eigenvalue weighted by molar-refractivity contribution is -0.0312. The molecule has 1 spiro atoms. The summed E-state index contributed by atoms with van der Waals surface area (Å²) >= 11 is 0. The molecule has 42 heavy (non-hydrogen) atoms. The lowest BCUT2D eigenvalue weighted by atomic mass is 9.88. The maximum absolute atomic E-state index is 13.4. The molecule has 2 fully saturated rings. The highest BCUT2D eigenvalue weighted by molar-refractivity contribution is 7.89. The summed E-state index contributed by atoms with van der Waals surface area (Å²) in [5.41, 5.74) is -0.659. The molecule has 0 bridgehead atoms. The Labute approximate surface area is 245 Å². The van der Waals surface area contributed by atoms with Crippen LogP contribution in [0.1, 0.15) is 19.3 Å². The topological polar surface area (TPSA) is 180 Å². The highest BCUT2D eigenvalue weighted by Gasteiger charge is 2.45. The van der Waals surface area contributed by atoms with Crippen LogP contribution in [-0.4, -0.2) is 109 Å². The summed E-state index contributed by atoms with van der Waals surface area (Å²) in [5, 5.41) is 13.7. The molecule has 0 saturated carbocycles. The standard InChI is InChI=1S/C26H37N5O9S2/c1-27-41(34,35)21-5-3-4-20(12-21)39-17-19(32)15-28-18-14-26(40-16-18)6-8-31(9-7-26)42(36,37)23-13-22-25(29-24(23)33)38-11-10-30(22)2/h3-5,12-13,18-19,27-28,32H,6-11,14-17H2,1-2H3,(H,29,33). The summed E-state index contributed by atoms with van der Waals surface area (Å²) in [6.45, 7) is 2.04. The average molecular weight is 628 g/mol. The number of ether oxygens (including phenoxy) is 3. The first-order valence-electron chi connectivity index (χ1n) is 13.8. The van der Waals surface area contributed by atoms with E-state index in [0.29, 0.717) is 50.5 Å². The van der Waals surface area contributed by atoms with Crippen molar-refractivity contribution in [2.45, 2.75) is 46.8 Å². The van der Waals surface area contributed by atoms with E-state index >= 15 is 0 Å². The van der Waals surface area contributed by atoms with Gasteiger partial charge in [0, 0.05) is 38.8 Å². The van der Waals surface area contributed by atoms with Gasteiger partial charge in [-0.3, -0.25) is 9.78 Å². The van der Waals surface area contributed by atoms with Crippen molar-refractivity contribution in [3.8, 4) is 11.6 Å². The molecule has 2 atom stereocenters. The molecule has 14 nitrogen and oxygen atoms in total. The van der Waals surface area contributed by atoms with Gasteiger partial charge in [-0.05, 0) is 44.5 Å². The van der Waals surface area contributed by atoms with Crippen LogP contribution < -0.4 is 30.0 Å². The molecule has 4 heterocycles. The van der Waals surface area contributed by atoms with Gasteiger partial charge >= 0.3 is 0 Å². The van der Waals surface area contributed by atoms with Gasteiger partial charge in [-0.25, -0.2) is 21.6 Å². The zero-order valence-electron chi connectivity index (χ0n) is 23.5. The fourth-order valence-electron chi connectivity index (χ4n) is 5.47. The van der Waals surface area contributed by atoms with Gasteiger partial charge in [-0.2, -0.15) is 4.31 Å². The number of pyridine rings is 1. The summed E-state index contributed by atoms with van der Waals surface area (Å²) in [7, 11) is -4.48. The van der Waals surface area contributed by atoms with Crippen LogP contribution in [0, 0.1) is 0 Å². The number of aliphatic hydroxyl groups excluding tert-OH is 1. The fraction of sp³-hybridized carbons (Fsp3) is 0.577. The third kappa shape index (κ3) is 6.44. The Morgan fingerprint density at radius 2 is 1.95 bits per heavy atom. The van der Waals surface area contributed by atoms with E-state index in [-0.39, 0.29) is 48.0 Å². The summed E-state index contributed by atoms with van der Waals surface area (Å²) in [5.74, 6) is 0.599. The molecule has 232 valence electrons. The van der Waals surface area contributed by atoms with Crippen molar-refractivity contribution in [1.29, 1.82) is 0 Å². The van der Waals surface area contributed by atoms with Crippen molar-refractivity contribution < 1.29 is 36.2 Å². The number of sulfonamides is 2. The number of piperidine rings is 1. The number of nitrogens with zero attached hydrogens (tertiary/aromatic N) is 2. The molecular weight excluding hydrogens is 590 g/mol. The van der Waals surface area contributed by atoms with Crippen LogP contribution in [0.15, 0.2) is 44.9 Å². The van der Waals surface area contributed by atoms with Gasteiger partial charge in [0.2, 0.25) is 25.9 Å². The Balaban J connectivity index is 1.11. The number of benzene rings is 1. The highest BCUT2D eigenvalue weighted by Crippen LogP contribution is 2.38. The summed E-state index contributed by atoms with van der Waals surface area (Å²) < 4.78 is 71.6. The normalized spacial score (nSPS) is 21.6. The highest BCUT2D eigenvalue weighted by atomic mass is 32.2. The minimum atomic E-state index is -4.02. The van der Waals surface area contributed by atoms with Gasteiger partial charge in [0.25, 0.3) is 5.56 Å². The van der Waals surface area contributed by atoms with Crippen LogP contribution >= 0.6 is 0 Å². The number of anilines is 1. The Kier molecular flexibility index (Phi) is 8.85. The third-order valence-electron chi connectivity index (χ3n) is 7.97. The predicted octanol–water partition coefficient (Wildman–Crippen LogP) is -0.547.